The lowest BCUT2D eigenvalue weighted by Gasteiger charge is -2.08. The van der Waals surface area contributed by atoms with Crippen LogP contribution < -0.4 is 10.1 Å². The summed E-state index contributed by atoms with van der Waals surface area (Å²) in [7, 11) is 1.62. The lowest BCUT2D eigenvalue weighted by molar-refractivity contribution is 0.407. The Hall–Kier alpha value is -1.09. The number of halogens is 1. The lowest BCUT2D eigenvalue weighted by Crippen LogP contribution is -2.16. The van der Waals surface area contributed by atoms with Gasteiger partial charge in [0.05, 0.1) is 7.11 Å². The molecule has 0 aliphatic heterocycles. The Balaban J connectivity index is 2.42. The van der Waals surface area contributed by atoms with Gasteiger partial charge in [-0.2, -0.15) is 0 Å². The number of aryl methyl sites for hydroxylation is 1. The van der Waals surface area contributed by atoms with Crippen LogP contribution in [0.25, 0.3) is 0 Å². The fourth-order valence-electron chi connectivity index (χ4n) is 1.65. The van der Waals surface area contributed by atoms with Gasteiger partial charge in [-0.15, -0.1) is 0 Å². The zero-order chi connectivity index (χ0) is 11.8. The maximum atomic E-state index is 13.0. The molecule has 1 aromatic rings. The molecule has 0 aliphatic carbocycles. The monoisotopic (exact) mass is 225 g/mol. The van der Waals surface area contributed by atoms with Crippen molar-refractivity contribution in [3.63, 3.8) is 0 Å². The smallest absolute Gasteiger partial charge is 0.123 e. The van der Waals surface area contributed by atoms with Gasteiger partial charge in [-0.05, 0) is 56.1 Å². The van der Waals surface area contributed by atoms with E-state index >= 15 is 0 Å². The first kappa shape index (κ1) is 13.0. The number of ether oxygens (including phenoxy) is 1. The second-order valence-corrected chi connectivity index (χ2v) is 3.81. The van der Waals surface area contributed by atoms with Crippen LogP contribution in [0.4, 0.5) is 4.39 Å². The Morgan fingerprint density at radius 3 is 2.81 bits per heavy atom. The minimum Gasteiger partial charge on any atom is -0.496 e. The molecule has 1 rings (SSSR count). The molecule has 16 heavy (non-hydrogen) atoms. The number of rotatable bonds is 7. The zero-order valence-corrected chi connectivity index (χ0v) is 10.1. The van der Waals surface area contributed by atoms with E-state index in [1.807, 2.05) is 0 Å². The van der Waals surface area contributed by atoms with Crippen LogP contribution in [0.1, 0.15) is 25.3 Å². The molecule has 0 aliphatic rings. The third-order valence-corrected chi connectivity index (χ3v) is 2.47. The summed E-state index contributed by atoms with van der Waals surface area (Å²) >= 11 is 0. The van der Waals surface area contributed by atoms with Crippen molar-refractivity contribution in [1.82, 2.24) is 5.32 Å². The Labute approximate surface area is 96.8 Å². The second kappa shape index (κ2) is 7.23. The van der Waals surface area contributed by atoms with Gasteiger partial charge in [0.25, 0.3) is 0 Å². The summed E-state index contributed by atoms with van der Waals surface area (Å²) in [5.74, 6) is 0.578. The normalized spacial score (nSPS) is 10.4. The highest BCUT2D eigenvalue weighted by molar-refractivity contribution is 5.33. The van der Waals surface area contributed by atoms with Crippen LogP contribution in [0.2, 0.25) is 0 Å². The molecule has 0 fully saturated rings. The Kier molecular flexibility index (Phi) is 5.86. The van der Waals surface area contributed by atoms with Gasteiger partial charge in [0.1, 0.15) is 11.6 Å². The third-order valence-electron chi connectivity index (χ3n) is 2.47. The average molecular weight is 225 g/mol. The molecule has 3 heteroatoms. The van der Waals surface area contributed by atoms with Crippen LogP contribution in [0.3, 0.4) is 0 Å². The maximum absolute atomic E-state index is 13.0. The summed E-state index contributed by atoms with van der Waals surface area (Å²) in [6, 6.07) is 4.67. The van der Waals surface area contributed by atoms with E-state index < -0.39 is 0 Å². The van der Waals surface area contributed by atoms with Gasteiger partial charge in [0.15, 0.2) is 0 Å². The molecule has 0 unspecified atom stereocenters. The van der Waals surface area contributed by atoms with Crippen molar-refractivity contribution in [2.24, 2.45) is 0 Å². The van der Waals surface area contributed by atoms with E-state index in [1.54, 1.807) is 19.2 Å². The van der Waals surface area contributed by atoms with Gasteiger partial charge in [0, 0.05) is 0 Å². The van der Waals surface area contributed by atoms with Crippen molar-refractivity contribution in [3.8, 4) is 5.75 Å². The molecular weight excluding hydrogens is 205 g/mol. The molecule has 0 aromatic heterocycles. The van der Waals surface area contributed by atoms with Crippen molar-refractivity contribution in [3.05, 3.63) is 29.6 Å². The molecule has 0 saturated carbocycles. The predicted molar refractivity (Wildman–Crippen MR) is 64.4 cm³/mol. The van der Waals surface area contributed by atoms with E-state index in [-0.39, 0.29) is 5.82 Å². The molecule has 2 nitrogen and oxygen atoms in total. The molecule has 0 saturated heterocycles. The summed E-state index contributed by atoms with van der Waals surface area (Å²) < 4.78 is 18.2. The standard InChI is InChI=1S/C13H20FNO/c1-3-8-15-9-4-5-11-10-12(14)6-7-13(11)16-2/h6-7,10,15H,3-5,8-9H2,1-2H3. The van der Waals surface area contributed by atoms with Crippen LogP contribution in [0.15, 0.2) is 18.2 Å². The van der Waals surface area contributed by atoms with Crippen LogP contribution in [0, 0.1) is 5.82 Å². The van der Waals surface area contributed by atoms with Crippen molar-refractivity contribution >= 4 is 0 Å². The third kappa shape index (κ3) is 4.19. The fourth-order valence-corrected chi connectivity index (χ4v) is 1.65. The Bertz CT molecular complexity index is 315. The molecule has 0 radical (unpaired) electrons. The van der Waals surface area contributed by atoms with Gasteiger partial charge in [-0.25, -0.2) is 4.39 Å². The molecule has 1 N–H and O–H groups in total. The quantitative estimate of drug-likeness (QED) is 0.720. The van der Waals surface area contributed by atoms with E-state index in [0.717, 1.165) is 43.7 Å². The highest BCUT2D eigenvalue weighted by Crippen LogP contribution is 2.20. The first-order chi connectivity index (χ1) is 7.77. The molecule has 1 aromatic carbocycles. The van der Waals surface area contributed by atoms with Crippen LogP contribution in [-0.2, 0) is 6.42 Å². The molecule has 0 amide bonds. The van der Waals surface area contributed by atoms with Gasteiger partial charge < -0.3 is 10.1 Å². The largest absolute Gasteiger partial charge is 0.496 e. The van der Waals surface area contributed by atoms with Gasteiger partial charge in [-0.1, -0.05) is 6.92 Å². The predicted octanol–water partition coefficient (Wildman–Crippen LogP) is 2.77. The summed E-state index contributed by atoms with van der Waals surface area (Å²) in [5, 5.41) is 3.32. The van der Waals surface area contributed by atoms with Gasteiger partial charge >= 0.3 is 0 Å². The molecule has 0 spiro atoms. The minimum absolute atomic E-state index is 0.197. The van der Waals surface area contributed by atoms with Crippen molar-refractivity contribution in [1.29, 1.82) is 0 Å². The zero-order valence-electron chi connectivity index (χ0n) is 10.1. The molecule has 90 valence electrons. The number of hydrogen-bond donors (Lipinski definition) is 1. The molecule has 0 bridgehead atoms. The SMILES string of the molecule is CCCNCCCc1cc(F)ccc1OC. The lowest BCUT2D eigenvalue weighted by atomic mass is 10.1. The summed E-state index contributed by atoms with van der Waals surface area (Å²) in [6.07, 6.45) is 2.99. The fraction of sp³-hybridized carbons (Fsp3) is 0.538. The highest BCUT2D eigenvalue weighted by Gasteiger charge is 2.03. The molecule has 0 heterocycles. The molecule has 0 atom stereocenters. The number of benzene rings is 1. The van der Waals surface area contributed by atoms with Crippen LogP contribution >= 0.6 is 0 Å². The van der Waals surface area contributed by atoms with E-state index in [0.29, 0.717) is 0 Å². The Morgan fingerprint density at radius 1 is 1.31 bits per heavy atom. The van der Waals surface area contributed by atoms with E-state index in [2.05, 4.69) is 12.2 Å². The van der Waals surface area contributed by atoms with Crippen molar-refractivity contribution in [2.45, 2.75) is 26.2 Å². The summed E-state index contributed by atoms with van der Waals surface area (Å²) in [4.78, 5) is 0. The van der Waals surface area contributed by atoms with Crippen LogP contribution in [0.5, 0.6) is 5.75 Å². The van der Waals surface area contributed by atoms with Crippen LogP contribution in [-0.4, -0.2) is 20.2 Å². The number of methoxy groups -OCH3 is 1. The van der Waals surface area contributed by atoms with E-state index in [1.165, 1.54) is 6.07 Å². The number of nitrogens with one attached hydrogen (secondary N) is 1. The number of hydrogen-bond acceptors (Lipinski definition) is 2. The van der Waals surface area contributed by atoms with Crippen molar-refractivity contribution < 1.29 is 9.13 Å². The Morgan fingerprint density at radius 2 is 2.12 bits per heavy atom. The van der Waals surface area contributed by atoms with Crippen molar-refractivity contribution in [2.75, 3.05) is 20.2 Å². The molecular formula is C13H20FNO. The maximum Gasteiger partial charge on any atom is 0.123 e. The first-order valence-corrected chi connectivity index (χ1v) is 5.81. The van der Waals surface area contributed by atoms with Gasteiger partial charge in [-0.3, -0.25) is 0 Å². The minimum atomic E-state index is -0.197. The topological polar surface area (TPSA) is 21.3 Å². The average Bonchev–Trinajstić information content (AvgIpc) is 2.29. The summed E-state index contributed by atoms with van der Waals surface area (Å²) in [5.41, 5.74) is 0.945. The first-order valence-electron chi connectivity index (χ1n) is 5.81. The highest BCUT2D eigenvalue weighted by atomic mass is 19.1. The van der Waals surface area contributed by atoms with E-state index in [4.69, 9.17) is 4.74 Å². The van der Waals surface area contributed by atoms with Gasteiger partial charge in [0.2, 0.25) is 0 Å². The second-order valence-electron chi connectivity index (χ2n) is 3.81. The van der Waals surface area contributed by atoms with E-state index in [9.17, 15) is 4.39 Å². The summed E-state index contributed by atoms with van der Waals surface area (Å²) in [6.45, 7) is 4.15.